The Bertz CT molecular complexity index is 922. The topological polar surface area (TPSA) is 51.2 Å². The molecule has 3 aromatic rings. The zero-order chi connectivity index (χ0) is 19.6. The molecule has 0 aliphatic carbocycles. The van der Waals surface area contributed by atoms with Crippen LogP contribution in [0.15, 0.2) is 79.1 Å². The van der Waals surface area contributed by atoms with E-state index in [1.54, 1.807) is 18.5 Å². The lowest BCUT2D eigenvalue weighted by Crippen LogP contribution is -2.23. The zero-order valence-electron chi connectivity index (χ0n) is 16.0. The first-order chi connectivity index (χ1) is 13.7. The third kappa shape index (κ3) is 6.09. The van der Waals surface area contributed by atoms with Crippen molar-refractivity contribution in [2.45, 2.75) is 20.0 Å². The smallest absolute Gasteiger partial charge is 0.244 e. The van der Waals surface area contributed by atoms with Crippen LogP contribution >= 0.6 is 0 Å². The van der Waals surface area contributed by atoms with E-state index >= 15 is 0 Å². The van der Waals surface area contributed by atoms with E-state index in [1.807, 2.05) is 49.4 Å². The predicted octanol–water partition coefficient (Wildman–Crippen LogP) is 4.34. The summed E-state index contributed by atoms with van der Waals surface area (Å²) in [6.07, 6.45) is 7.45. The molecule has 0 fully saturated rings. The van der Waals surface area contributed by atoms with Crippen molar-refractivity contribution < 1.29 is 9.53 Å². The Morgan fingerprint density at radius 3 is 2.71 bits per heavy atom. The van der Waals surface area contributed by atoms with E-state index < -0.39 is 0 Å². The zero-order valence-corrected chi connectivity index (χ0v) is 16.0. The molecule has 28 heavy (non-hydrogen) atoms. The van der Waals surface area contributed by atoms with E-state index in [4.69, 9.17) is 4.74 Å². The second-order valence-corrected chi connectivity index (χ2v) is 6.53. The summed E-state index contributed by atoms with van der Waals surface area (Å²) in [5.41, 5.74) is 4.27. The summed E-state index contributed by atoms with van der Waals surface area (Å²) in [6.45, 7) is 3.15. The van der Waals surface area contributed by atoms with Gasteiger partial charge < -0.3 is 10.1 Å². The van der Waals surface area contributed by atoms with Crippen molar-refractivity contribution in [3.05, 3.63) is 101 Å². The molecule has 0 spiro atoms. The Balaban J connectivity index is 1.49. The van der Waals surface area contributed by atoms with Crippen LogP contribution in [0.5, 0.6) is 5.75 Å². The van der Waals surface area contributed by atoms with E-state index in [-0.39, 0.29) is 5.91 Å². The van der Waals surface area contributed by atoms with E-state index in [9.17, 15) is 4.79 Å². The Morgan fingerprint density at radius 1 is 1.07 bits per heavy atom. The van der Waals surface area contributed by atoms with Crippen LogP contribution in [0.25, 0.3) is 6.08 Å². The number of benzene rings is 2. The number of aromatic nitrogens is 1. The van der Waals surface area contributed by atoms with E-state index in [1.165, 1.54) is 6.08 Å². The number of hydrogen-bond donors (Lipinski definition) is 1. The van der Waals surface area contributed by atoms with Crippen LogP contribution < -0.4 is 10.1 Å². The minimum absolute atomic E-state index is 0.114. The second-order valence-electron chi connectivity index (χ2n) is 6.53. The third-order valence-corrected chi connectivity index (χ3v) is 4.31. The Labute approximate surface area is 165 Å². The molecule has 4 heteroatoms. The van der Waals surface area contributed by atoms with Gasteiger partial charge in [-0.1, -0.05) is 48.5 Å². The van der Waals surface area contributed by atoms with Gasteiger partial charge in [0.15, 0.2) is 0 Å². The fraction of sp³-hybridized carbons (Fsp3) is 0.167. The molecule has 0 bridgehead atoms. The number of carbonyl (C=O) groups is 1. The van der Waals surface area contributed by atoms with Gasteiger partial charge in [0, 0.05) is 25.0 Å². The molecule has 0 saturated heterocycles. The highest BCUT2D eigenvalue weighted by Gasteiger charge is 2.04. The normalized spacial score (nSPS) is 10.8. The molecule has 0 atom stereocenters. The number of pyridine rings is 1. The average Bonchev–Trinajstić information content (AvgIpc) is 2.74. The first-order valence-electron chi connectivity index (χ1n) is 9.33. The van der Waals surface area contributed by atoms with Crippen molar-refractivity contribution in [1.82, 2.24) is 10.3 Å². The second kappa shape index (κ2) is 10.1. The minimum Gasteiger partial charge on any atom is -0.489 e. The summed E-state index contributed by atoms with van der Waals surface area (Å²) >= 11 is 0. The van der Waals surface area contributed by atoms with Gasteiger partial charge in [-0.3, -0.25) is 9.78 Å². The first-order valence-corrected chi connectivity index (χ1v) is 9.33. The number of ether oxygens (including phenoxy) is 1. The molecule has 0 aliphatic rings. The number of aryl methyl sites for hydroxylation is 1. The highest BCUT2D eigenvalue weighted by Crippen LogP contribution is 2.21. The van der Waals surface area contributed by atoms with Crippen LogP contribution in [0.1, 0.15) is 22.3 Å². The van der Waals surface area contributed by atoms with E-state index in [0.717, 1.165) is 34.4 Å². The maximum atomic E-state index is 11.9. The number of carbonyl (C=O) groups excluding carboxylic acids is 1. The number of hydrogen-bond acceptors (Lipinski definition) is 3. The van der Waals surface area contributed by atoms with Gasteiger partial charge in [0.1, 0.15) is 12.4 Å². The molecule has 0 radical (unpaired) electrons. The van der Waals surface area contributed by atoms with Crippen LogP contribution in [-0.4, -0.2) is 17.4 Å². The van der Waals surface area contributed by atoms with E-state index in [2.05, 4.69) is 28.5 Å². The van der Waals surface area contributed by atoms with Gasteiger partial charge in [0.2, 0.25) is 5.91 Å². The summed E-state index contributed by atoms with van der Waals surface area (Å²) in [4.78, 5) is 16.0. The van der Waals surface area contributed by atoms with Gasteiger partial charge in [0.05, 0.1) is 0 Å². The highest BCUT2D eigenvalue weighted by atomic mass is 16.5. The lowest BCUT2D eigenvalue weighted by molar-refractivity contribution is -0.116. The molecule has 142 valence electrons. The predicted molar refractivity (Wildman–Crippen MR) is 112 cm³/mol. The number of nitrogens with one attached hydrogen (secondary N) is 1. The van der Waals surface area contributed by atoms with Crippen LogP contribution in [0.2, 0.25) is 0 Å². The lowest BCUT2D eigenvalue weighted by Gasteiger charge is -2.11. The molecule has 2 aromatic carbocycles. The summed E-state index contributed by atoms with van der Waals surface area (Å²) < 4.78 is 5.97. The standard InChI is InChI=1S/C24H24N2O2/c1-19-9-10-20(16-23(19)28-18-22-6-3-2-4-7-22)13-15-26-24(27)12-11-21-8-5-14-25-17-21/h2-12,14,16-17H,13,15,18H2,1H3,(H,26,27)/b12-11+. The first kappa shape index (κ1) is 19.4. The molecule has 0 aliphatic heterocycles. The quantitative estimate of drug-likeness (QED) is 0.599. The lowest BCUT2D eigenvalue weighted by atomic mass is 10.1. The van der Waals surface area contributed by atoms with Gasteiger partial charge in [-0.25, -0.2) is 0 Å². The van der Waals surface area contributed by atoms with Crippen molar-refractivity contribution >= 4 is 12.0 Å². The molecular formula is C24H24N2O2. The summed E-state index contributed by atoms with van der Waals surface area (Å²) in [5.74, 6) is 0.765. The Kier molecular flexibility index (Phi) is 6.96. The minimum atomic E-state index is -0.114. The maximum absolute atomic E-state index is 11.9. The number of nitrogens with zero attached hydrogens (tertiary/aromatic N) is 1. The van der Waals surface area contributed by atoms with Gasteiger partial charge in [-0.2, -0.15) is 0 Å². The molecular weight excluding hydrogens is 348 g/mol. The van der Waals surface area contributed by atoms with Crippen molar-refractivity contribution in [3.63, 3.8) is 0 Å². The summed E-state index contributed by atoms with van der Waals surface area (Å²) in [6, 6.07) is 20.0. The van der Waals surface area contributed by atoms with Gasteiger partial charge in [0.25, 0.3) is 0 Å². The van der Waals surface area contributed by atoms with Crippen LogP contribution in [0.4, 0.5) is 0 Å². The van der Waals surface area contributed by atoms with Crippen LogP contribution in [0, 0.1) is 6.92 Å². The summed E-state index contributed by atoms with van der Waals surface area (Å²) in [7, 11) is 0. The van der Waals surface area contributed by atoms with Gasteiger partial charge in [-0.05, 0) is 53.8 Å². The van der Waals surface area contributed by atoms with Gasteiger partial charge in [-0.15, -0.1) is 0 Å². The molecule has 0 unspecified atom stereocenters. The third-order valence-electron chi connectivity index (χ3n) is 4.31. The maximum Gasteiger partial charge on any atom is 0.244 e. The number of rotatable bonds is 8. The Hall–Kier alpha value is -3.40. The molecule has 1 N–H and O–H groups in total. The fourth-order valence-electron chi connectivity index (χ4n) is 2.73. The molecule has 3 rings (SSSR count). The fourth-order valence-corrected chi connectivity index (χ4v) is 2.73. The molecule has 1 heterocycles. The molecule has 0 saturated carbocycles. The summed E-state index contributed by atoms with van der Waals surface area (Å²) in [5, 5.41) is 2.91. The van der Waals surface area contributed by atoms with Crippen molar-refractivity contribution in [2.75, 3.05) is 6.54 Å². The van der Waals surface area contributed by atoms with Crippen molar-refractivity contribution in [1.29, 1.82) is 0 Å². The molecule has 1 amide bonds. The van der Waals surface area contributed by atoms with Crippen molar-refractivity contribution in [2.24, 2.45) is 0 Å². The van der Waals surface area contributed by atoms with Crippen molar-refractivity contribution in [3.8, 4) is 5.75 Å². The van der Waals surface area contributed by atoms with Crippen LogP contribution in [-0.2, 0) is 17.8 Å². The highest BCUT2D eigenvalue weighted by molar-refractivity contribution is 5.91. The average molecular weight is 372 g/mol. The van der Waals surface area contributed by atoms with Gasteiger partial charge >= 0.3 is 0 Å². The Morgan fingerprint density at radius 2 is 1.93 bits per heavy atom. The van der Waals surface area contributed by atoms with E-state index in [0.29, 0.717) is 13.2 Å². The van der Waals surface area contributed by atoms with Crippen LogP contribution in [0.3, 0.4) is 0 Å². The largest absolute Gasteiger partial charge is 0.489 e. The monoisotopic (exact) mass is 372 g/mol. The molecule has 1 aromatic heterocycles. The molecule has 4 nitrogen and oxygen atoms in total. The number of amides is 1. The SMILES string of the molecule is Cc1ccc(CCNC(=O)/C=C/c2cccnc2)cc1OCc1ccccc1.